The SMILES string of the molecule is CCCCCCCCCCCN1C=CN(CCCCCCCCCC)C1CCCCCCCCC. The molecule has 0 aromatic heterocycles. The van der Waals surface area contributed by atoms with E-state index in [2.05, 4.69) is 43.0 Å². The lowest BCUT2D eigenvalue weighted by Crippen LogP contribution is -2.39. The van der Waals surface area contributed by atoms with Crippen LogP contribution in [0.25, 0.3) is 0 Å². The van der Waals surface area contributed by atoms with Gasteiger partial charge in [0.1, 0.15) is 6.17 Å². The van der Waals surface area contributed by atoms with Gasteiger partial charge in [-0.15, -0.1) is 0 Å². The molecule has 0 saturated heterocycles. The monoisotopic (exact) mass is 491 g/mol. The van der Waals surface area contributed by atoms with Crippen LogP contribution in [-0.4, -0.2) is 29.1 Å². The zero-order valence-corrected chi connectivity index (χ0v) is 24.7. The second kappa shape index (κ2) is 25.0. The summed E-state index contributed by atoms with van der Waals surface area (Å²) < 4.78 is 0. The van der Waals surface area contributed by atoms with E-state index < -0.39 is 0 Å². The Morgan fingerprint density at radius 3 is 1.00 bits per heavy atom. The van der Waals surface area contributed by atoms with Crippen LogP contribution in [0.1, 0.15) is 181 Å². The topological polar surface area (TPSA) is 6.48 Å². The third-order valence-electron chi connectivity index (χ3n) is 8.07. The third kappa shape index (κ3) is 18.3. The highest BCUT2D eigenvalue weighted by atomic mass is 15.4. The first kappa shape index (κ1) is 32.4. The fourth-order valence-corrected chi connectivity index (χ4v) is 5.66. The van der Waals surface area contributed by atoms with Crippen molar-refractivity contribution in [3.63, 3.8) is 0 Å². The zero-order valence-electron chi connectivity index (χ0n) is 24.7. The molecule has 0 aromatic rings. The molecule has 1 rings (SSSR count). The fraction of sp³-hybridized carbons (Fsp3) is 0.939. The van der Waals surface area contributed by atoms with E-state index in [1.165, 1.54) is 174 Å². The summed E-state index contributed by atoms with van der Waals surface area (Å²) >= 11 is 0. The molecule has 0 spiro atoms. The summed E-state index contributed by atoms with van der Waals surface area (Å²) in [6, 6.07) is 0. The standard InChI is InChI=1S/C33H66N2/c1-4-7-10-13-16-18-21-24-27-30-35-32-31-34(29-26-23-20-17-14-11-8-5-2)33(35)28-25-22-19-15-12-9-6-3/h31-33H,4-30H2,1-3H3. The van der Waals surface area contributed by atoms with Crippen LogP contribution in [-0.2, 0) is 0 Å². The molecule has 0 bridgehead atoms. The molecule has 0 radical (unpaired) electrons. The highest BCUT2D eigenvalue weighted by Gasteiger charge is 2.24. The Hall–Kier alpha value is -0.660. The number of hydrogen-bond donors (Lipinski definition) is 0. The molecular formula is C33H66N2. The summed E-state index contributed by atoms with van der Waals surface area (Å²) in [5.74, 6) is 0. The normalized spacial score (nSPS) is 15.6. The molecular weight excluding hydrogens is 424 g/mol. The summed E-state index contributed by atoms with van der Waals surface area (Å²) in [6.45, 7) is 9.47. The largest absolute Gasteiger partial charge is 0.356 e. The molecule has 1 heterocycles. The molecule has 2 nitrogen and oxygen atoms in total. The van der Waals surface area contributed by atoms with Gasteiger partial charge in [-0.2, -0.15) is 0 Å². The highest BCUT2D eigenvalue weighted by Crippen LogP contribution is 2.24. The van der Waals surface area contributed by atoms with Gasteiger partial charge in [0, 0.05) is 25.5 Å². The van der Waals surface area contributed by atoms with E-state index in [1.54, 1.807) is 0 Å². The smallest absolute Gasteiger partial charge is 0.101 e. The first-order chi connectivity index (χ1) is 17.3. The molecule has 35 heavy (non-hydrogen) atoms. The minimum atomic E-state index is 0.643. The Morgan fingerprint density at radius 1 is 0.371 bits per heavy atom. The lowest BCUT2D eigenvalue weighted by Gasteiger charge is -2.33. The molecule has 0 N–H and O–H groups in total. The van der Waals surface area contributed by atoms with Gasteiger partial charge in [0.15, 0.2) is 0 Å². The minimum absolute atomic E-state index is 0.643. The predicted octanol–water partition coefficient (Wildman–Crippen LogP) is 11.2. The lowest BCUT2D eigenvalue weighted by atomic mass is 10.1. The molecule has 1 aliphatic rings. The molecule has 0 fully saturated rings. The van der Waals surface area contributed by atoms with Crippen LogP contribution < -0.4 is 0 Å². The van der Waals surface area contributed by atoms with Gasteiger partial charge < -0.3 is 9.80 Å². The quantitative estimate of drug-likeness (QED) is 0.106. The second-order valence-electron chi connectivity index (χ2n) is 11.5. The zero-order chi connectivity index (χ0) is 25.2. The van der Waals surface area contributed by atoms with E-state index >= 15 is 0 Å². The number of nitrogens with zero attached hydrogens (tertiary/aromatic N) is 2. The Morgan fingerprint density at radius 2 is 0.657 bits per heavy atom. The van der Waals surface area contributed by atoms with Crippen LogP contribution in [0.15, 0.2) is 12.4 Å². The summed E-state index contributed by atoms with van der Waals surface area (Å²) in [6.07, 6.45) is 41.0. The number of unbranched alkanes of at least 4 members (excludes halogenated alkanes) is 21. The van der Waals surface area contributed by atoms with Crippen LogP contribution in [0, 0.1) is 0 Å². The Bertz CT molecular complexity index is 446. The Balaban J connectivity index is 2.26. The van der Waals surface area contributed by atoms with Crippen molar-refractivity contribution in [2.24, 2.45) is 0 Å². The second-order valence-corrected chi connectivity index (χ2v) is 11.5. The highest BCUT2D eigenvalue weighted by molar-refractivity contribution is 4.97. The Labute approximate surface area is 222 Å². The van der Waals surface area contributed by atoms with Crippen molar-refractivity contribution in [3.05, 3.63) is 12.4 Å². The van der Waals surface area contributed by atoms with Crippen LogP contribution >= 0.6 is 0 Å². The first-order valence-corrected chi connectivity index (χ1v) is 16.5. The molecule has 0 aromatic carbocycles. The van der Waals surface area contributed by atoms with Crippen molar-refractivity contribution < 1.29 is 0 Å². The van der Waals surface area contributed by atoms with Crippen molar-refractivity contribution in [2.45, 2.75) is 187 Å². The summed E-state index contributed by atoms with van der Waals surface area (Å²) in [4.78, 5) is 5.39. The molecule has 208 valence electrons. The summed E-state index contributed by atoms with van der Waals surface area (Å²) in [5, 5.41) is 0. The van der Waals surface area contributed by atoms with Gasteiger partial charge in [-0.3, -0.25) is 0 Å². The lowest BCUT2D eigenvalue weighted by molar-refractivity contribution is 0.135. The summed E-state index contributed by atoms with van der Waals surface area (Å²) in [5.41, 5.74) is 0. The first-order valence-electron chi connectivity index (χ1n) is 16.5. The van der Waals surface area contributed by atoms with E-state index in [1.807, 2.05) is 0 Å². The van der Waals surface area contributed by atoms with Crippen molar-refractivity contribution in [1.29, 1.82) is 0 Å². The van der Waals surface area contributed by atoms with E-state index in [0.717, 1.165) is 0 Å². The Kier molecular flexibility index (Phi) is 23.1. The summed E-state index contributed by atoms with van der Waals surface area (Å²) in [7, 11) is 0. The third-order valence-corrected chi connectivity index (χ3v) is 8.07. The van der Waals surface area contributed by atoms with Crippen molar-refractivity contribution >= 4 is 0 Å². The van der Waals surface area contributed by atoms with Gasteiger partial charge in [-0.25, -0.2) is 0 Å². The average Bonchev–Trinajstić information content (AvgIpc) is 3.25. The van der Waals surface area contributed by atoms with Crippen molar-refractivity contribution in [1.82, 2.24) is 9.80 Å². The molecule has 1 unspecified atom stereocenters. The van der Waals surface area contributed by atoms with E-state index in [9.17, 15) is 0 Å². The number of rotatable bonds is 27. The average molecular weight is 491 g/mol. The van der Waals surface area contributed by atoms with Crippen molar-refractivity contribution in [2.75, 3.05) is 13.1 Å². The molecule has 1 atom stereocenters. The van der Waals surface area contributed by atoms with Crippen LogP contribution in [0.5, 0.6) is 0 Å². The minimum Gasteiger partial charge on any atom is -0.356 e. The van der Waals surface area contributed by atoms with E-state index in [0.29, 0.717) is 6.17 Å². The van der Waals surface area contributed by atoms with Crippen LogP contribution in [0.2, 0.25) is 0 Å². The molecule has 2 heteroatoms. The van der Waals surface area contributed by atoms with Gasteiger partial charge in [0.25, 0.3) is 0 Å². The predicted molar refractivity (Wildman–Crippen MR) is 159 cm³/mol. The van der Waals surface area contributed by atoms with Gasteiger partial charge in [-0.05, 0) is 25.7 Å². The van der Waals surface area contributed by atoms with Gasteiger partial charge in [0.2, 0.25) is 0 Å². The van der Waals surface area contributed by atoms with Gasteiger partial charge in [0.05, 0.1) is 0 Å². The maximum atomic E-state index is 2.70. The van der Waals surface area contributed by atoms with Crippen LogP contribution in [0.4, 0.5) is 0 Å². The maximum Gasteiger partial charge on any atom is 0.101 e. The van der Waals surface area contributed by atoms with E-state index in [4.69, 9.17) is 0 Å². The van der Waals surface area contributed by atoms with Crippen LogP contribution in [0.3, 0.4) is 0 Å². The van der Waals surface area contributed by atoms with Gasteiger partial charge >= 0.3 is 0 Å². The van der Waals surface area contributed by atoms with Gasteiger partial charge in [-0.1, -0.05) is 156 Å². The van der Waals surface area contributed by atoms with E-state index in [-0.39, 0.29) is 0 Å². The maximum absolute atomic E-state index is 2.70. The molecule has 0 amide bonds. The molecule has 0 aliphatic carbocycles. The fourth-order valence-electron chi connectivity index (χ4n) is 5.66. The van der Waals surface area contributed by atoms with Crippen molar-refractivity contribution in [3.8, 4) is 0 Å². The number of hydrogen-bond acceptors (Lipinski definition) is 2. The molecule has 0 saturated carbocycles. The molecule has 1 aliphatic heterocycles.